The number of nitrogens with zero attached hydrogens (tertiary/aromatic N) is 2. The molecule has 0 fully saturated rings. The molecule has 3 rings (SSSR count). The minimum atomic E-state index is -0.487. The monoisotopic (exact) mass is 289 g/mol. The standard InChI is InChI=1S/C14H15N3O2S/c1-8(2)13-16-17-14(20-13)15-12(18)11-7-9-5-3-4-6-10(9)19-11/h3-6,8,11H,7H2,1-2H3,(H,15,17,18). The lowest BCUT2D eigenvalue weighted by molar-refractivity contribution is -0.122. The van der Waals surface area contributed by atoms with Gasteiger partial charge < -0.3 is 4.74 Å². The summed E-state index contributed by atoms with van der Waals surface area (Å²) in [7, 11) is 0. The maximum atomic E-state index is 12.2. The molecule has 0 saturated carbocycles. The van der Waals surface area contributed by atoms with Crippen molar-refractivity contribution in [1.82, 2.24) is 10.2 Å². The van der Waals surface area contributed by atoms with Crippen molar-refractivity contribution in [2.45, 2.75) is 32.3 Å². The fourth-order valence-corrected chi connectivity index (χ4v) is 2.78. The van der Waals surface area contributed by atoms with E-state index in [9.17, 15) is 4.79 Å². The number of hydrogen-bond acceptors (Lipinski definition) is 5. The SMILES string of the molecule is CC(C)c1nnc(NC(=O)C2Cc3ccccc3O2)s1. The van der Waals surface area contributed by atoms with Crippen molar-refractivity contribution >= 4 is 22.4 Å². The van der Waals surface area contributed by atoms with Crippen molar-refractivity contribution in [3.05, 3.63) is 34.8 Å². The molecule has 2 aromatic rings. The Bertz CT molecular complexity index is 614. The summed E-state index contributed by atoms with van der Waals surface area (Å²) in [5.74, 6) is 0.922. The van der Waals surface area contributed by atoms with E-state index >= 15 is 0 Å². The van der Waals surface area contributed by atoms with Crippen molar-refractivity contribution in [2.75, 3.05) is 5.32 Å². The molecule has 6 heteroatoms. The molecular formula is C14H15N3O2S. The van der Waals surface area contributed by atoms with Crippen LogP contribution in [0.2, 0.25) is 0 Å². The predicted octanol–water partition coefficient (Wildman–Crippen LogP) is 2.60. The predicted molar refractivity (Wildman–Crippen MR) is 77.2 cm³/mol. The Balaban J connectivity index is 1.66. The average Bonchev–Trinajstić information content (AvgIpc) is 3.04. The lowest BCUT2D eigenvalue weighted by Crippen LogP contribution is -2.31. The van der Waals surface area contributed by atoms with E-state index in [4.69, 9.17) is 4.74 Å². The first-order valence-electron chi connectivity index (χ1n) is 6.52. The van der Waals surface area contributed by atoms with Crippen molar-refractivity contribution in [3.63, 3.8) is 0 Å². The molecule has 1 aromatic carbocycles. The minimum Gasteiger partial charge on any atom is -0.480 e. The number of carbonyl (C=O) groups excluding carboxylic acids is 1. The van der Waals surface area contributed by atoms with Crippen molar-refractivity contribution in [1.29, 1.82) is 0 Å². The third-order valence-electron chi connectivity index (χ3n) is 3.10. The van der Waals surface area contributed by atoms with E-state index in [0.717, 1.165) is 16.3 Å². The van der Waals surface area contributed by atoms with Crippen LogP contribution in [0.25, 0.3) is 0 Å². The van der Waals surface area contributed by atoms with Gasteiger partial charge in [0.1, 0.15) is 10.8 Å². The van der Waals surface area contributed by atoms with Crippen LogP contribution in [0, 0.1) is 0 Å². The number of nitrogens with one attached hydrogen (secondary N) is 1. The summed E-state index contributed by atoms with van der Waals surface area (Å²) >= 11 is 1.40. The second kappa shape index (κ2) is 5.20. The highest BCUT2D eigenvalue weighted by Gasteiger charge is 2.29. The average molecular weight is 289 g/mol. The number of ether oxygens (including phenoxy) is 1. The van der Waals surface area contributed by atoms with Crippen LogP contribution in [-0.2, 0) is 11.2 Å². The maximum absolute atomic E-state index is 12.2. The van der Waals surface area contributed by atoms with Gasteiger partial charge in [0, 0.05) is 12.3 Å². The largest absolute Gasteiger partial charge is 0.480 e. The Hall–Kier alpha value is -1.95. The number of hydrogen-bond donors (Lipinski definition) is 1. The van der Waals surface area contributed by atoms with Gasteiger partial charge in [-0.15, -0.1) is 10.2 Å². The molecule has 1 aromatic heterocycles. The molecule has 0 aliphatic carbocycles. The fraction of sp³-hybridized carbons (Fsp3) is 0.357. The molecule has 0 saturated heterocycles. The Morgan fingerprint density at radius 1 is 1.40 bits per heavy atom. The molecule has 1 N–H and O–H groups in total. The molecule has 0 radical (unpaired) electrons. The summed E-state index contributed by atoms with van der Waals surface area (Å²) in [6.07, 6.45) is 0.108. The summed E-state index contributed by atoms with van der Waals surface area (Å²) in [6, 6.07) is 7.70. The van der Waals surface area contributed by atoms with Crippen molar-refractivity contribution in [3.8, 4) is 5.75 Å². The molecule has 2 heterocycles. The molecule has 104 valence electrons. The number of amides is 1. The van der Waals surface area contributed by atoms with Gasteiger partial charge in [0.25, 0.3) is 5.91 Å². The summed E-state index contributed by atoms with van der Waals surface area (Å²) in [5, 5.41) is 12.2. The second-order valence-corrected chi connectivity index (χ2v) is 6.02. The lowest BCUT2D eigenvalue weighted by Gasteiger charge is -2.08. The van der Waals surface area contributed by atoms with Crippen LogP contribution in [0.5, 0.6) is 5.75 Å². The van der Waals surface area contributed by atoms with Crippen LogP contribution >= 0.6 is 11.3 Å². The first-order chi connectivity index (χ1) is 9.63. The normalized spacial score (nSPS) is 16.9. The van der Waals surface area contributed by atoms with Crippen molar-refractivity contribution in [2.24, 2.45) is 0 Å². The Morgan fingerprint density at radius 3 is 2.90 bits per heavy atom. The van der Waals surface area contributed by atoms with Gasteiger partial charge in [0.2, 0.25) is 5.13 Å². The van der Waals surface area contributed by atoms with Gasteiger partial charge in [-0.05, 0) is 11.6 Å². The van der Waals surface area contributed by atoms with E-state index in [-0.39, 0.29) is 5.91 Å². The Labute approximate surface area is 121 Å². The first-order valence-corrected chi connectivity index (χ1v) is 7.34. The van der Waals surface area contributed by atoms with Crippen LogP contribution in [0.15, 0.2) is 24.3 Å². The van der Waals surface area contributed by atoms with E-state index in [1.165, 1.54) is 11.3 Å². The topological polar surface area (TPSA) is 64.1 Å². The molecule has 0 bridgehead atoms. The minimum absolute atomic E-state index is 0.173. The summed E-state index contributed by atoms with van der Waals surface area (Å²) in [5.41, 5.74) is 1.06. The van der Waals surface area contributed by atoms with Crippen LogP contribution in [0.4, 0.5) is 5.13 Å². The molecule has 5 nitrogen and oxygen atoms in total. The van der Waals surface area contributed by atoms with E-state index in [0.29, 0.717) is 17.5 Å². The van der Waals surface area contributed by atoms with Crippen LogP contribution in [0.1, 0.15) is 30.3 Å². The highest BCUT2D eigenvalue weighted by molar-refractivity contribution is 7.15. The first kappa shape index (κ1) is 13.1. The number of benzene rings is 1. The highest BCUT2D eigenvalue weighted by atomic mass is 32.1. The molecule has 1 unspecified atom stereocenters. The van der Waals surface area contributed by atoms with Crippen LogP contribution in [0.3, 0.4) is 0 Å². The van der Waals surface area contributed by atoms with E-state index < -0.39 is 6.10 Å². The fourth-order valence-electron chi connectivity index (χ4n) is 2.03. The second-order valence-electron chi connectivity index (χ2n) is 5.01. The van der Waals surface area contributed by atoms with Gasteiger partial charge in [-0.3, -0.25) is 10.1 Å². The third-order valence-corrected chi connectivity index (χ3v) is 4.24. The Kier molecular flexibility index (Phi) is 3.40. The number of fused-ring (bicyclic) bond motifs is 1. The number of carbonyl (C=O) groups is 1. The highest BCUT2D eigenvalue weighted by Crippen LogP contribution is 2.29. The summed E-state index contributed by atoms with van der Waals surface area (Å²) < 4.78 is 5.64. The van der Waals surface area contributed by atoms with Gasteiger partial charge in [0.05, 0.1) is 0 Å². The smallest absolute Gasteiger partial charge is 0.267 e. The maximum Gasteiger partial charge on any atom is 0.267 e. The lowest BCUT2D eigenvalue weighted by atomic mass is 10.1. The van der Waals surface area contributed by atoms with Gasteiger partial charge >= 0.3 is 0 Å². The number of anilines is 1. The molecule has 1 aliphatic rings. The third kappa shape index (κ3) is 2.51. The molecule has 1 amide bonds. The molecule has 1 atom stereocenters. The van der Waals surface area contributed by atoms with E-state index in [1.807, 2.05) is 38.1 Å². The Morgan fingerprint density at radius 2 is 2.20 bits per heavy atom. The quantitative estimate of drug-likeness (QED) is 0.943. The van der Waals surface area contributed by atoms with Gasteiger partial charge in [-0.2, -0.15) is 0 Å². The summed E-state index contributed by atoms with van der Waals surface area (Å²) in [6.45, 7) is 4.09. The molecule has 0 spiro atoms. The van der Waals surface area contributed by atoms with Crippen molar-refractivity contribution < 1.29 is 9.53 Å². The van der Waals surface area contributed by atoms with Gasteiger partial charge in [0.15, 0.2) is 6.10 Å². The van der Waals surface area contributed by atoms with E-state index in [1.54, 1.807) is 0 Å². The zero-order valence-electron chi connectivity index (χ0n) is 11.3. The number of rotatable bonds is 3. The zero-order chi connectivity index (χ0) is 14.1. The summed E-state index contributed by atoms with van der Waals surface area (Å²) in [4.78, 5) is 12.2. The molecule has 1 aliphatic heterocycles. The van der Waals surface area contributed by atoms with E-state index in [2.05, 4.69) is 15.5 Å². The van der Waals surface area contributed by atoms with Crippen LogP contribution < -0.4 is 10.1 Å². The molecular weight excluding hydrogens is 274 g/mol. The van der Waals surface area contributed by atoms with Gasteiger partial charge in [-0.1, -0.05) is 43.4 Å². The zero-order valence-corrected chi connectivity index (χ0v) is 12.1. The number of aromatic nitrogens is 2. The molecule has 20 heavy (non-hydrogen) atoms. The van der Waals surface area contributed by atoms with Crippen LogP contribution in [-0.4, -0.2) is 22.2 Å². The number of para-hydroxylation sites is 1. The van der Waals surface area contributed by atoms with Gasteiger partial charge in [-0.25, -0.2) is 0 Å².